The summed E-state index contributed by atoms with van der Waals surface area (Å²) in [6.45, 7) is 9.95. The topological polar surface area (TPSA) is 62.1 Å². The molecule has 1 aliphatic rings. The van der Waals surface area contributed by atoms with E-state index in [1.807, 2.05) is 0 Å². The van der Waals surface area contributed by atoms with Gasteiger partial charge >= 0.3 is 5.97 Å². The molecule has 0 aromatic heterocycles. The van der Waals surface area contributed by atoms with Crippen molar-refractivity contribution in [3.8, 4) is 5.75 Å². The molecule has 3 rings (SSSR count). The Morgan fingerprint density at radius 3 is 2.75 bits per heavy atom. The van der Waals surface area contributed by atoms with Gasteiger partial charge in [-0.3, -0.25) is 4.99 Å². The average Bonchev–Trinajstić information content (AvgIpc) is 2.65. The number of aliphatic imine (C=N–C) groups is 1. The van der Waals surface area contributed by atoms with Gasteiger partial charge in [0, 0.05) is 35.6 Å². The molecule has 2 aromatic rings. The highest BCUT2D eigenvalue weighted by Gasteiger charge is 2.36. The van der Waals surface area contributed by atoms with Crippen LogP contribution in [-0.2, 0) is 0 Å². The maximum Gasteiger partial charge on any atom is 0.335 e. The molecule has 28 heavy (non-hydrogen) atoms. The second-order valence-corrected chi connectivity index (χ2v) is 7.93. The fourth-order valence-electron chi connectivity index (χ4n) is 4.27. The van der Waals surface area contributed by atoms with Crippen molar-refractivity contribution in [3.05, 3.63) is 53.1 Å². The highest BCUT2D eigenvalue weighted by Crippen LogP contribution is 2.45. The molecule has 1 unspecified atom stereocenters. The molecule has 0 aliphatic carbocycles. The molecular weight excluding hydrogens is 352 g/mol. The summed E-state index contributed by atoms with van der Waals surface area (Å²) in [7, 11) is 1.66. The first-order valence-corrected chi connectivity index (χ1v) is 9.64. The van der Waals surface area contributed by atoms with Crippen molar-refractivity contribution in [3.63, 3.8) is 0 Å². The van der Waals surface area contributed by atoms with Crippen molar-refractivity contribution in [1.29, 1.82) is 0 Å². The summed E-state index contributed by atoms with van der Waals surface area (Å²) in [6, 6.07) is 10.9. The average molecular weight is 380 g/mol. The van der Waals surface area contributed by atoms with E-state index in [1.54, 1.807) is 37.6 Å². The number of fused-ring (bicyclic) bond motifs is 1. The van der Waals surface area contributed by atoms with E-state index in [4.69, 9.17) is 9.84 Å². The lowest BCUT2D eigenvalue weighted by Gasteiger charge is -2.47. The van der Waals surface area contributed by atoms with Gasteiger partial charge in [0.25, 0.3) is 0 Å². The molecule has 5 nitrogen and oxygen atoms in total. The van der Waals surface area contributed by atoms with Crippen LogP contribution >= 0.6 is 0 Å². The lowest BCUT2D eigenvalue weighted by molar-refractivity contribution is 0.0697. The van der Waals surface area contributed by atoms with Crippen molar-refractivity contribution in [1.82, 2.24) is 0 Å². The van der Waals surface area contributed by atoms with Crippen LogP contribution in [0.15, 0.2) is 41.4 Å². The molecule has 0 saturated heterocycles. The fraction of sp³-hybridized carbons (Fsp3) is 0.391. The first-order valence-electron chi connectivity index (χ1n) is 9.64. The van der Waals surface area contributed by atoms with Gasteiger partial charge in [-0.2, -0.15) is 0 Å². The van der Waals surface area contributed by atoms with E-state index in [0.29, 0.717) is 11.6 Å². The van der Waals surface area contributed by atoms with Crippen LogP contribution in [0.4, 0.5) is 11.4 Å². The summed E-state index contributed by atoms with van der Waals surface area (Å²) in [5.74, 6) is 0.237. The summed E-state index contributed by atoms with van der Waals surface area (Å²) in [5, 5.41) is 9.15. The second kappa shape index (κ2) is 7.66. The van der Waals surface area contributed by atoms with Gasteiger partial charge in [0.2, 0.25) is 0 Å². The zero-order chi connectivity index (χ0) is 20.5. The van der Waals surface area contributed by atoms with Gasteiger partial charge in [0.1, 0.15) is 5.75 Å². The Morgan fingerprint density at radius 2 is 2.11 bits per heavy atom. The second-order valence-electron chi connectivity index (χ2n) is 7.93. The largest absolute Gasteiger partial charge is 0.496 e. The maximum absolute atomic E-state index is 11.2. The third-order valence-corrected chi connectivity index (χ3v) is 5.50. The number of hydrogen-bond acceptors (Lipinski definition) is 4. The number of ether oxygens (including phenoxy) is 1. The number of nitrogens with zero attached hydrogens (tertiary/aromatic N) is 2. The van der Waals surface area contributed by atoms with Crippen LogP contribution in [0.25, 0.3) is 0 Å². The van der Waals surface area contributed by atoms with Gasteiger partial charge in [-0.05, 0) is 62.9 Å². The van der Waals surface area contributed by atoms with Gasteiger partial charge in [0.15, 0.2) is 0 Å². The molecule has 0 radical (unpaired) electrons. The smallest absolute Gasteiger partial charge is 0.335 e. The monoisotopic (exact) mass is 380 g/mol. The SMILES string of the molecule is CCN1c2cc(OC)c(C=Nc3cccc(C(=O)O)c3)cc2C(C)CC1(C)C. The minimum Gasteiger partial charge on any atom is -0.496 e. The Bertz CT molecular complexity index is 918. The molecule has 1 N–H and O–H groups in total. The number of carboxylic acids is 1. The number of methoxy groups -OCH3 is 1. The molecule has 0 saturated carbocycles. The molecule has 0 bridgehead atoms. The predicted molar refractivity (Wildman–Crippen MR) is 114 cm³/mol. The lowest BCUT2D eigenvalue weighted by Crippen LogP contribution is -2.48. The molecule has 0 amide bonds. The van der Waals surface area contributed by atoms with Gasteiger partial charge in [-0.1, -0.05) is 13.0 Å². The summed E-state index contributed by atoms with van der Waals surface area (Å²) < 4.78 is 5.65. The molecule has 2 aromatic carbocycles. The summed E-state index contributed by atoms with van der Waals surface area (Å²) in [4.78, 5) is 18.1. The van der Waals surface area contributed by atoms with E-state index in [-0.39, 0.29) is 11.1 Å². The number of benzene rings is 2. The molecule has 1 atom stereocenters. The number of hydrogen-bond donors (Lipinski definition) is 1. The Morgan fingerprint density at radius 1 is 1.36 bits per heavy atom. The normalized spacial score (nSPS) is 18.2. The molecule has 0 spiro atoms. The van der Waals surface area contributed by atoms with Crippen molar-refractivity contribution < 1.29 is 14.6 Å². The van der Waals surface area contributed by atoms with Crippen molar-refractivity contribution >= 4 is 23.6 Å². The maximum atomic E-state index is 11.2. The van der Waals surface area contributed by atoms with E-state index < -0.39 is 5.97 Å². The van der Waals surface area contributed by atoms with Gasteiger partial charge < -0.3 is 14.7 Å². The Labute approximate surface area is 166 Å². The summed E-state index contributed by atoms with van der Waals surface area (Å²) in [5.41, 5.74) is 4.32. The first kappa shape index (κ1) is 19.9. The van der Waals surface area contributed by atoms with E-state index in [1.165, 1.54) is 11.3 Å². The van der Waals surface area contributed by atoms with Crippen LogP contribution in [0.5, 0.6) is 5.75 Å². The minimum atomic E-state index is -0.959. The summed E-state index contributed by atoms with van der Waals surface area (Å²) in [6.07, 6.45) is 2.83. The van der Waals surface area contributed by atoms with Crippen LogP contribution in [0.2, 0.25) is 0 Å². The number of carboxylic acid groups (broad SMARTS) is 1. The zero-order valence-electron chi connectivity index (χ0n) is 17.2. The van der Waals surface area contributed by atoms with Crippen molar-refractivity contribution in [2.24, 2.45) is 4.99 Å². The fourth-order valence-corrected chi connectivity index (χ4v) is 4.27. The first-order chi connectivity index (χ1) is 13.3. The third kappa shape index (κ3) is 3.75. The van der Waals surface area contributed by atoms with Gasteiger partial charge in [-0.25, -0.2) is 4.79 Å². The Balaban J connectivity index is 2.03. The molecule has 148 valence electrons. The van der Waals surface area contributed by atoms with Gasteiger partial charge in [-0.15, -0.1) is 0 Å². The molecule has 5 heteroatoms. The van der Waals surface area contributed by atoms with E-state index >= 15 is 0 Å². The zero-order valence-corrected chi connectivity index (χ0v) is 17.2. The van der Waals surface area contributed by atoms with Crippen LogP contribution < -0.4 is 9.64 Å². The highest BCUT2D eigenvalue weighted by molar-refractivity contribution is 5.90. The molecule has 0 fully saturated rings. The van der Waals surface area contributed by atoms with Crippen molar-refractivity contribution in [2.45, 2.75) is 45.6 Å². The standard InChI is InChI=1S/C23H28N2O3/c1-6-25-20-12-21(28-5)17(11-19(20)15(2)13-23(25,3)4)14-24-18-9-7-8-16(10-18)22(26)27/h7-12,14-15H,6,13H2,1-5H3,(H,26,27). The lowest BCUT2D eigenvalue weighted by atomic mass is 9.79. The number of rotatable bonds is 5. The minimum absolute atomic E-state index is 0.0963. The Hall–Kier alpha value is -2.82. The summed E-state index contributed by atoms with van der Waals surface area (Å²) >= 11 is 0. The number of anilines is 1. The third-order valence-electron chi connectivity index (χ3n) is 5.50. The molecular formula is C23H28N2O3. The Kier molecular flexibility index (Phi) is 5.45. The highest BCUT2D eigenvalue weighted by atomic mass is 16.5. The van der Waals surface area contributed by atoms with Crippen LogP contribution in [0, 0.1) is 0 Å². The predicted octanol–water partition coefficient (Wildman–Crippen LogP) is 5.26. The van der Waals surface area contributed by atoms with E-state index in [0.717, 1.165) is 24.3 Å². The van der Waals surface area contributed by atoms with Crippen LogP contribution in [0.3, 0.4) is 0 Å². The molecule has 1 aliphatic heterocycles. The van der Waals surface area contributed by atoms with Gasteiger partial charge in [0.05, 0.1) is 18.4 Å². The number of carbonyl (C=O) groups is 1. The number of aromatic carboxylic acids is 1. The van der Waals surface area contributed by atoms with Crippen LogP contribution in [-0.4, -0.2) is 36.5 Å². The van der Waals surface area contributed by atoms with Crippen LogP contribution in [0.1, 0.15) is 61.5 Å². The molecule has 1 heterocycles. The van der Waals surface area contributed by atoms with Crippen molar-refractivity contribution in [2.75, 3.05) is 18.6 Å². The van der Waals surface area contributed by atoms with E-state index in [9.17, 15) is 4.79 Å². The van der Waals surface area contributed by atoms with E-state index in [2.05, 4.69) is 49.7 Å². The quantitative estimate of drug-likeness (QED) is 0.719.